The van der Waals surface area contributed by atoms with Crippen molar-refractivity contribution in [3.63, 3.8) is 0 Å². The molecule has 0 amide bonds. The summed E-state index contributed by atoms with van der Waals surface area (Å²) in [5.74, 6) is 0. The molecule has 0 aliphatic rings. The van der Waals surface area contributed by atoms with Crippen molar-refractivity contribution in [3.05, 3.63) is 35.9 Å². The molecule has 0 aliphatic carbocycles. The van der Waals surface area contributed by atoms with E-state index in [2.05, 4.69) is 122 Å². The molecule has 2 N–H and O–H groups in total. The van der Waals surface area contributed by atoms with Gasteiger partial charge in [0.1, 0.15) is 9.19 Å². The lowest BCUT2D eigenvalue weighted by molar-refractivity contribution is 0.228. The average Bonchev–Trinajstić information content (AvgIpc) is 2.39. The maximum Gasteiger partial charge on any atom is 0.119 e. The van der Waals surface area contributed by atoms with Gasteiger partial charge in [-0.25, -0.2) is 0 Å². The summed E-state index contributed by atoms with van der Waals surface area (Å²) in [4.78, 5) is 0. The Morgan fingerprint density at radius 3 is 1.37 bits per heavy atom. The molecule has 0 spiro atoms. The van der Waals surface area contributed by atoms with Gasteiger partial charge in [0.05, 0.1) is 20.8 Å². The summed E-state index contributed by atoms with van der Waals surface area (Å²) >= 11 is 0. The zero-order valence-electron chi connectivity index (χ0n) is 19.8. The highest BCUT2D eigenvalue weighted by Crippen LogP contribution is 2.56. The van der Waals surface area contributed by atoms with Crippen molar-refractivity contribution in [2.45, 2.75) is 97.2 Å². The van der Waals surface area contributed by atoms with Crippen molar-refractivity contribution in [2.75, 3.05) is 0 Å². The van der Waals surface area contributed by atoms with Crippen molar-refractivity contribution in [1.82, 2.24) is 10.6 Å². The molecule has 154 valence electrons. The minimum absolute atomic E-state index is 0.0203. The normalized spacial score (nSPS) is 14.7. The van der Waals surface area contributed by atoms with Gasteiger partial charge in [0.2, 0.25) is 0 Å². The van der Waals surface area contributed by atoms with E-state index < -0.39 is 15.5 Å². The van der Waals surface area contributed by atoms with Gasteiger partial charge in [0, 0.05) is 11.1 Å². The summed E-state index contributed by atoms with van der Waals surface area (Å²) in [6.07, 6.45) is 0. The molecule has 0 atom stereocenters. The van der Waals surface area contributed by atoms with Crippen LogP contribution >= 0.6 is 6.57 Å². The first-order chi connectivity index (χ1) is 11.9. The van der Waals surface area contributed by atoms with Crippen LogP contribution in [0.2, 0.25) is 39.3 Å². The average molecular weight is 439 g/mol. The smallest absolute Gasteiger partial charge is 0.119 e. The Balaban J connectivity index is 3.63. The molecule has 0 saturated carbocycles. The molecule has 2 radical (unpaired) electrons. The Kier molecular flexibility index (Phi) is 7.98. The van der Waals surface area contributed by atoms with Crippen LogP contribution in [-0.4, -0.2) is 35.7 Å². The highest BCUT2D eigenvalue weighted by atomic mass is 31.8. The molecule has 0 aliphatic heterocycles. The third kappa shape index (κ3) is 8.23. The fourth-order valence-corrected chi connectivity index (χ4v) is 44.7. The summed E-state index contributed by atoms with van der Waals surface area (Å²) in [6, 6.07) is 11.1. The molecule has 6 heteroatoms. The van der Waals surface area contributed by atoms with E-state index in [-0.39, 0.29) is 22.9 Å². The Morgan fingerprint density at radius 1 is 0.704 bits per heavy atom. The van der Waals surface area contributed by atoms with Crippen LogP contribution in [0.1, 0.15) is 47.1 Å². The lowest BCUT2D eigenvalue weighted by Crippen LogP contribution is -2.68. The van der Waals surface area contributed by atoms with E-state index in [9.17, 15) is 0 Å². The summed E-state index contributed by atoms with van der Waals surface area (Å²) in [6.45, 7) is 29.3. The van der Waals surface area contributed by atoms with Gasteiger partial charge in [0.15, 0.2) is 0 Å². The van der Waals surface area contributed by atoms with Crippen LogP contribution in [0.4, 0.5) is 0 Å². The third-order valence-electron chi connectivity index (χ3n) is 3.95. The molecule has 2 nitrogen and oxygen atoms in total. The Morgan fingerprint density at radius 2 is 1.07 bits per heavy atom. The van der Waals surface area contributed by atoms with Crippen molar-refractivity contribution >= 4 is 31.2 Å². The van der Waals surface area contributed by atoms with Crippen molar-refractivity contribution in [3.8, 4) is 0 Å². The fraction of sp³-hybridized carbons (Fsp3) is 0.714. The molecule has 1 rings (SSSR count). The zero-order valence-corrected chi connectivity index (χ0v) is 23.7. The topological polar surface area (TPSA) is 24.1 Å². The van der Waals surface area contributed by atoms with Crippen LogP contribution in [0.15, 0.2) is 30.3 Å². The van der Waals surface area contributed by atoms with E-state index in [1.807, 2.05) is 0 Å². The zero-order chi connectivity index (χ0) is 21.3. The van der Waals surface area contributed by atoms with E-state index in [0.29, 0.717) is 0 Å². The lowest BCUT2D eigenvalue weighted by Gasteiger charge is -2.51. The van der Waals surface area contributed by atoms with Gasteiger partial charge < -0.3 is 0 Å². The molecule has 0 aromatic heterocycles. The van der Waals surface area contributed by atoms with Crippen LogP contribution in [0, 0.1) is 0 Å². The van der Waals surface area contributed by atoms with E-state index in [1.165, 1.54) is 5.56 Å². The van der Waals surface area contributed by atoms with Gasteiger partial charge in [-0.2, -0.15) is 0 Å². The first-order valence-electron chi connectivity index (χ1n) is 10.1. The molecule has 0 heterocycles. The summed E-state index contributed by atoms with van der Waals surface area (Å²) < 4.78 is 0. The molecule has 1 aromatic carbocycles. The first-order valence-corrected chi connectivity index (χ1v) is 21.9. The highest BCUT2D eigenvalue weighted by molar-refractivity contribution is 8.33. The number of hydrogen-bond acceptors (Lipinski definition) is 2. The highest BCUT2D eigenvalue weighted by Gasteiger charge is 2.47. The molecule has 0 fully saturated rings. The van der Waals surface area contributed by atoms with E-state index in [1.54, 1.807) is 0 Å². The van der Waals surface area contributed by atoms with Crippen LogP contribution in [-0.2, 0) is 5.29 Å². The SMILES string of the molecule is CC(C)(C)NC(NC(C)(C)C)([Si]P([Si](C)(C)C)[Si](C)(C)C)c1ccccc1. The van der Waals surface area contributed by atoms with E-state index in [4.69, 9.17) is 0 Å². The van der Waals surface area contributed by atoms with Gasteiger partial charge in [-0.05, 0) is 47.1 Å². The summed E-state index contributed by atoms with van der Waals surface area (Å²) in [5.41, 5.74) is 1.44. The predicted molar refractivity (Wildman–Crippen MR) is 133 cm³/mol. The van der Waals surface area contributed by atoms with Gasteiger partial charge in [-0.3, -0.25) is 10.6 Å². The number of rotatable bonds is 7. The fourth-order valence-electron chi connectivity index (χ4n) is 3.62. The second-order valence-electron chi connectivity index (χ2n) is 11.7. The second kappa shape index (κ2) is 8.53. The van der Waals surface area contributed by atoms with Gasteiger partial charge in [-0.15, -0.1) is 6.57 Å². The maximum absolute atomic E-state index is 4.08. The molecular weight excluding hydrogens is 395 g/mol. The van der Waals surface area contributed by atoms with Crippen LogP contribution < -0.4 is 10.6 Å². The summed E-state index contributed by atoms with van der Waals surface area (Å²) in [7, 11) is -1.64. The first kappa shape index (κ1) is 25.3. The minimum Gasteiger partial charge on any atom is -0.294 e. The Labute approximate surface area is 174 Å². The van der Waals surface area contributed by atoms with Crippen LogP contribution in [0.5, 0.6) is 0 Å². The standard InChI is InChI=1S/C21H43N2PSi3/c1-19(2,3)22-21(23-20(4,5)6,18-16-14-13-15-17-18)25-24(26(7,8)9)27(10,11)12/h13-17,22-23H,1-12H3. The van der Waals surface area contributed by atoms with Crippen molar-refractivity contribution < 1.29 is 0 Å². The molecule has 0 bridgehead atoms. The predicted octanol–water partition coefficient (Wildman–Crippen LogP) is 6.34. The monoisotopic (exact) mass is 438 g/mol. The van der Waals surface area contributed by atoms with E-state index >= 15 is 0 Å². The summed E-state index contributed by atoms with van der Waals surface area (Å²) in [5, 5.41) is 7.98. The van der Waals surface area contributed by atoms with Gasteiger partial charge >= 0.3 is 0 Å². The Bertz CT molecular complexity index is 563. The Hall–Kier alpha value is 0.221. The minimum atomic E-state index is -1.26. The van der Waals surface area contributed by atoms with E-state index in [0.717, 1.165) is 9.19 Å². The molecule has 27 heavy (non-hydrogen) atoms. The molecular formula is C21H43N2PSi3. The van der Waals surface area contributed by atoms with Gasteiger partial charge in [-0.1, -0.05) is 69.6 Å². The number of hydrogen-bond donors (Lipinski definition) is 2. The maximum atomic E-state index is 4.08. The van der Waals surface area contributed by atoms with Crippen molar-refractivity contribution in [1.29, 1.82) is 0 Å². The molecule has 0 unspecified atom stereocenters. The molecule has 0 saturated heterocycles. The van der Waals surface area contributed by atoms with Crippen molar-refractivity contribution in [2.24, 2.45) is 0 Å². The lowest BCUT2D eigenvalue weighted by atomic mass is 10.0. The second-order valence-corrected chi connectivity index (χ2v) is 38.8. The molecule has 1 aromatic rings. The number of benzene rings is 1. The number of nitrogens with one attached hydrogen (secondary N) is 2. The quantitative estimate of drug-likeness (QED) is 0.295. The third-order valence-corrected chi connectivity index (χ3v) is 43.6. The largest absolute Gasteiger partial charge is 0.294 e. The van der Waals surface area contributed by atoms with Gasteiger partial charge in [0.25, 0.3) is 0 Å². The van der Waals surface area contributed by atoms with Crippen LogP contribution in [0.25, 0.3) is 0 Å². The van der Waals surface area contributed by atoms with Crippen LogP contribution in [0.3, 0.4) is 0 Å².